The molecule has 2 aromatic heterocycles. The number of nitrogens with zero attached hydrogens (tertiary/aromatic N) is 3. The number of aliphatic hydroxyl groups is 1. The zero-order valence-electron chi connectivity index (χ0n) is 16.1. The molecule has 0 aliphatic carbocycles. The molecule has 3 heterocycles. The van der Waals surface area contributed by atoms with Crippen molar-refractivity contribution in [3.8, 4) is 0 Å². The highest BCUT2D eigenvalue weighted by Gasteiger charge is 2.33. The largest absolute Gasteiger partial charge is 0.384 e. The van der Waals surface area contributed by atoms with E-state index in [0.29, 0.717) is 6.54 Å². The zero-order valence-corrected chi connectivity index (χ0v) is 16.1. The summed E-state index contributed by atoms with van der Waals surface area (Å²) in [6.07, 6.45) is 4.25. The number of rotatable bonds is 4. The van der Waals surface area contributed by atoms with Gasteiger partial charge >= 0.3 is 0 Å². The highest BCUT2D eigenvalue weighted by molar-refractivity contribution is 5.87. The molecule has 3 aromatic rings. The molecule has 4 nitrogen and oxygen atoms in total. The summed E-state index contributed by atoms with van der Waals surface area (Å²) in [7, 11) is 1.99. The molecule has 2 atom stereocenters. The number of hydrogen-bond donors (Lipinski definition) is 1. The Bertz CT molecular complexity index is 965. The second-order valence-electron chi connectivity index (χ2n) is 7.88. The summed E-state index contributed by atoms with van der Waals surface area (Å²) in [5.74, 6) is 0. The summed E-state index contributed by atoms with van der Waals surface area (Å²) in [6, 6.07) is 9.79. The van der Waals surface area contributed by atoms with E-state index in [0.717, 1.165) is 46.3 Å². The summed E-state index contributed by atoms with van der Waals surface area (Å²) >= 11 is 0. The van der Waals surface area contributed by atoms with Crippen LogP contribution >= 0.6 is 0 Å². The van der Waals surface area contributed by atoms with Crippen molar-refractivity contribution < 1.29 is 9.50 Å². The lowest BCUT2D eigenvalue weighted by Crippen LogP contribution is -2.35. The van der Waals surface area contributed by atoms with E-state index in [1.807, 2.05) is 26.1 Å². The Morgan fingerprint density at radius 1 is 1.26 bits per heavy atom. The SMILES string of the molecule is Cc1ccc2c(c1)c1c(n2CC(C)(O)c2ccncc2)CCN(C)C1CF. The molecule has 1 aliphatic rings. The first-order valence-corrected chi connectivity index (χ1v) is 9.43. The molecular formula is C22H26FN3O. The highest BCUT2D eigenvalue weighted by Crippen LogP contribution is 2.39. The number of aromatic nitrogens is 2. The van der Waals surface area contributed by atoms with Crippen LogP contribution in [0.2, 0.25) is 0 Å². The molecule has 2 unspecified atom stereocenters. The van der Waals surface area contributed by atoms with E-state index in [1.54, 1.807) is 12.4 Å². The molecule has 0 saturated heterocycles. The predicted molar refractivity (Wildman–Crippen MR) is 106 cm³/mol. The van der Waals surface area contributed by atoms with Gasteiger partial charge in [0.05, 0.1) is 12.6 Å². The van der Waals surface area contributed by atoms with Crippen molar-refractivity contribution in [1.82, 2.24) is 14.5 Å². The van der Waals surface area contributed by atoms with Crippen molar-refractivity contribution in [2.24, 2.45) is 0 Å². The smallest absolute Gasteiger partial charge is 0.109 e. The fourth-order valence-electron chi connectivity index (χ4n) is 4.33. The van der Waals surface area contributed by atoms with Crippen molar-refractivity contribution in [2.45, 2.75) is 38.5 Å². The minimum Gasteiger partial charge on any atom is -0.384 e. The predicted octanol–water partition coefficient (Wildman–Crippen LogP) is 3.75. The zero-order chi connectivity index (χ0) is 19.2. The van der Waals surface area contributed by atoms with Crippen LogP contribution < -0.4 is 0 Å². The quantitative estimate of drug-likeness (QED) is 0.764. The molecule has 5 heteroatoms. The van der Waals surface area contributed by atoms with E-state index >= 15 is 0 Å². The van der Waals surface area contributed by atoms with Crippen LogP contribution in [-0.4, -0.2) is 39.8 Å². The van der Waals surface area contributed by atoms with Gasteiger partial charge in [-0.25, -0.2) is 4.39 Å². The minimum atomic E-state index is -1.04. The number of fused-ring (bicyclic) bond motifs is 3. The van der Waals surface area contributed by atoms with Crippen LogP contribution in [0.25, 0.3) is 10.9 Å². The van der Waals surface area contributed by atoms with Gasteiger partial charge in [-0.05, 0) is 50.7 Å². The Kier molecular flexibility index (Phi) is 4.52. The summed E-state index contributed by atoms with van der Waals surface area (Å²) < 4.78 is 16.1. The van der Waals surface area contributed by atoms with Gasteiger partial charge in [0.2, 0.25) is 0 Å². The summed E-state index contributed by atoms with van der Waals surface area (Å²) in [5, 5.41) is 12.3. The van der Waals surface area contributed by atoms with Gasteiger partial charge in [0, 0.05) is 47.5 Å². The Morgan fingerprint density at radius 2 is 2.00 bits per heavy atom. The first-order chi connectivity index (χ1) is 12.9. The summed E-state index contributed by atoms with van der Waals surface area (Å²) in [6.45, 7) is 4.73. The standard InChI is InChI=1S/C22H26FN3O/c1-15-4-5-18-17(12-15)21-19(8-11-25(3)20(21)13-23)26(18)14-22(2,27)16-6-9-24-10-7-16/h4-7,9-10,12,20,27H,8,11,13-14H2,1-3H3. The maximum atomic E-state index is 13.9. The van der Waals surface area contributed by atoms with Crippen molar-refractivity contribution in [3.63, 3.8) is 0 Å². The maximum absolute atomic E-state index is 13.9. The lowest BCUT2D eigenvalue weighted by molar-refractivity contribution is 0.0381. The molecule has 0 fully saturated rings. The third kappa shape index (κ3) is 3.05. The lowest BCUT2D eigenvalue weighted by Gasteiger charge is -2.33. The average Bonchev–Trinajstić information content (AvgIpc) is 2.95. The Balaban J connectivity index is 1.89. The number of halogens is 1. The summed E-state index contributed by atoms with van der Waals surface area (Å²) in [5.41, 5.74) is 4.24. The van der Waals surface area contributed by atoms with E-state index in [9.17, 15) is 9.50 Å². The Labute approximate surface area is 159 Å². The van der Waals surface area contributed by atoms with Crippen LogP contribution in [0.3, 0.4) is 0 Å². The van der Waals surface area contributed by atoms with Crippen LogP contribution in [0.15, 0.2) is 42.7 Å². The fraction of sp³-hybridized carbons (Fsp3) is 0.409. The first-order valence-electron chi connectivity index (χ1n) is 9.43. The van der Waals surface area contributed by atoms with Crippen LogP contribution in [-0.2, 0) is 18.6 Å². The molecule has 142 valence electrons. The van der Waals surface area contributed by atoms with Gasteiger partial charge in [-0.2, -0.15) is 0 Å². The van der Waals surface area contributed by atoms with E-state index in [-0.39, 0.29) is 6.04 Å². The van der Waals surface area contributed by atoms with Gasteiger partial charge in [0.1, 0.15) is 12.3 Å². The minimum absolute atomic E-state index is 0.231. The third-order valence-electron chi connectivity index (χ3n) is 5.85. The molecular weight excluding hydrogens is 341 g/mol. The molecule has 4 rings (SSSR count). The lowest BCUT2D eigenvalue weighted by atomic mass is 9.95. The van der Waals surface area contributed by atoms with Gasteiger partial charge in [0.15, 0.2) is 0 Å². The molecule has 1 aromatic carbocycles. The average molecular weight is 367 g/mol. The van der Waals surface area contributed by atoms with Crippen LogP contribution in [0.5, 0.6) is 0 Å². The number of hydrogen-bond acceptors (Lipinski definition) is 3. The van der Waals surface area contributed by atoms with Gasteiger partial charge in [-0.3, -0.25) is 9.88 Å². The van der Waals surface area contributed by atoms with Crippen molar-refractivity contribution in [2.75, 3.05) is 20.3 Å². The van der Waals surface area contributed by atoms with E-state index in [4.69, 9.17) is 0 Å². The number of likely N-dealkylation sites (N-methyl/N-ethyl adjacent to an activating group) is 1. The van der Waals surface area contributed by atoms with E-state index in [1.165, 1.54) is 0 Å². The number of pyridine rings is 1. The normalized spacial score (nSPS) is 19.8. The molecule has 1 N–H and O–H groups in total. The molecule has 0 amide bonds. The number of aryl methyl sites for hydroxylation is 1. The number of alkyl halides is 1. The molecule has 0 radical (unpaired) electrons. The third-order valence-corrected chi connectivity index (χ3v) is 5.85. The van der Waals surface area contributed by atoms with Crippen LogP contribution in [0, 0.1) is 6.92 Å². The molecule has 1 aliphatic heterocycles. The Hall–Kier alpha value is -2.24. The Morgan fingerprint density at radius 3 is 2.70 bits per heavy atom. The van der Waals surface area contributed by atoms with Gasteiger partial charge < -0.3 is 9.67 Å². The fourth-order valence-corrected chi connectivity index (χ4v) is 4.33. The maximum Gasteiger partial charge on any atom is 0.109 e. The second-order valence-corrected chi connectivity index (χ2v) is 7.88. The first kappa shape index (κ1) is 18.1. The van der Waals surface area contributed by atoms with Crippen molar-refractivity contribution >= 4 is 10.9 Å². The van der Waals surface area contributed by atoms with Crippen molar-refractivity contribution in [3.05, 3.63) is 65.1 Å². The van der Waals surface area contributed by atoms with E-state index in [2.05, 4.69) is 39.6 Å². The topological polar surface area (TPSA) is 41.3 Å². The van der Waals surface area contributed by atoms with Crippen molar-refractivity contribution in [1.29, 1.82) is 0 Å². The highest BCUT2D eigenvalue weighted by atomic mass is 19.1. The molecule has 27 heavy (non-hydrogen) atoms. The molecule has 0 bridgehead atoms. The number of benzene rings is 1. The molecule has 0 spiro atoms. The van der Waals surface area contributed by atoms with E-state index < -0.39 is 12.3 Å². The van der Waals surface area contributed by atoms with Gasteiger partial charge in [-0.1, -0.05) is 11.6 Å². The van der Waals surface area contributed by atoms with Crippen LogP contribution in [0.1, 0.15) is 35.3 Å². The van der Waals surface area contributed by atoms with Crippen LogP contribution in [0.4, 0.5) is 4.39 Å². The second kappa shape index (κ2) is 6.73. The molecule has 0 saturated carbocycles. The van der Waals surface area contributed by atoms with Gasteiger partial charge in [0.25, 0.3) is 0 Å². The van der Waals surface area contributed by atoms with Gasteiger partial charge in [-0.15, -0.1) is 0 Å². The summed E-state index contributed by atoms with van der Waals surface area (Å²) in [4.78, 5) is 6.14. The monoisotopic (exact) mass is 367 g/mol.